The maximum absolute atomic E-state index is 12.1. The number of carboxylic acid groups (broad SMARTS) is 1. The summed E-state index contributed by atoms with van der Waals surface area (Å²) < 4.78 is 17.9. The lowest BCUT2D eigenvalue weighted by atomic mass is 10.0. The fraction of sp³-hybridized carbons (Fsp3) is 0.385. The number of carbonyl (C=O) groups excluding carboxylic acids is 1. The van der Waals surface area contributed by atoms with E-state index in [1.165, 1.54) is 0 Å². The topological polar surface area (TPSA) is 76.6 Å². The highest BCUT2D eigenvalue weighted by Gasteiger charge is 2.26. The van der Waals surface area contributed by atoms with E-state index in [9.17, 15) is 9.90 Å². The number of nitrogens with zero attached hydrogens (tertiary/aromatic N) is 2. The van der Waals surface area contributed by atoms with Gasteiger partial charge in [0.2, 0.25) is 0 Å². The highest BCUT2D eigenvalue weighted by atomic mass is 16.8. The summed E-state index contributed by atoms with van der Waals surface area (Å²) in [5.41, 5.74) is 8.21. The van der Waals surface area contributed by atoms with Crippen molar-refractivity contribution in [2.24, 2.45) is 0 Å². The van der Waals surface area contributed by atoms with Crippen LogP contribution in [0.2, 0.25) is 0 Å². The summed E-state index contributed by atoms with van der Waals surface area (Å²) in [4.78, 5) is 12.1. The van der Waals surface area contributed by atoms with Gasteiger partial charge >= 0.3 is 5.82 Å². The smallest absolute Gasteiger partial charge is 0.315 e. The van der Waals surface area contributed by atoms with Crippen LogP contribution in [0.3, 0.4) is 0 Å². The van der Waals surface area contributed by atoms with Crippen LogP contribution in [0.4, 0.5) is 0 Å². The van der Waals surface area contributed by atoms with Crippen molar-refractivity contribution in [1.82, 2.24) is 4.57 Å². The molecular formula is C26H32N2O5. The number of rotatable bonds is 3. The summed E-state index contributed by atoms with van der Waals surface area (Å²) in [6.45, 7) is 14.1. The van der Waals surface area contributed by atoms with Gasteiger partial charge < -0.3 is 24.1 Å². The van der Waals surface area contributed by atoms with Crippen LogP contribution >= 0.6 is 0 Å². The number of hydrogen-bond acceptors (Lipinski definition) is 5. The zero-order valence-electron chi connectivity index (χ0n) is 20.2. The molecule has 0 saturated carbocycles. The molecule has 2 heterocycles. The van der Waals surface area contributed by atoms with Gasteiger partial charge in [0, 0.05) is 0 Å². The van der Waals surface area contributed by atoms with Gasteiger partial charge in [0.25, 0.3) is 0 Å². The normalized spacial score (nSPS) is 13.8. The first-order valence-corrected chi connectivity index (χ1v) is 10.9. The number of hydrogen-bond donors (Lipinski definition) is 0. The Morgan fingerprint density at radius 1 is 0.818 bits per heavy atom. The molecule has 0 spiro atoms. The Bertz CT molecular complexity index is 1010. The van der Waals surface area contributed by atoms with Crippen LogP contribution < -0.4 is 9.67 Å². The molecule has 2 aromatic carbocycles. The molecule has 7 heteroatoms. The lowest BCUT2D eigenvalue weighted by Gasteiger charge is -2.13. The van der Waals surface area contributed by atoms with Crippen molar-refractivity contribution in [1.29, 1.82) is 0 Å². The van der Waals surface area contributed by atoms with E-state index in [2.05, 4.69) is 24.3 Å². The lowest BCUT2D eigenvalue weighted by Crippen LogP contribution is -2.43. The third-order valence-corrected chi connectivity index (χ3v) is 5.46. The molecule has 0 aliphatic carbocycles. The standard InChI is InChI=1S/C22H24N2O2.C4H8O3/c1-13-9-15(3)19(16(4)10-13)23-7-8-24(21(23)22(25)26)20-17(5)11-14(2)12-18(20)6;1-2-6-4-7-3-5-1/h7-12H,1-6H3;1-4H2. The fourth-order valence-corrected chi connectivity index (χ4v) is 4.44. The van der Waals surface area contributed by atoms with Crippen molar-refractivity contribution in [2.75, 3.05) is 26.8 Å². The number of aromatic nitrogens is 2. The molecule has 0 radical (unpaired) electrons. The van der Waals surface area contributed by atoms with Gasteiger partial charge in [-0.2, -0.15) is 9.13 Å². The summed E-state index contributed by atoms with van der Waals surface area (Å²) in [7, 11) is 0. The maximum atomic E-state index is 12.1. The molecule has 1 aliphatic rings. The Balaban J connectivity index is 0.000000374. The average Bonchev–Trinajstić information content (AvgIpc) is 2.92. The molecule has 1 aliphatic heterocycles. The minimum Gasteiger partial charge on any atom is -0.538 e. The van der Waals surface area contributed by atoms with Crippen molar-refractivity contribution in [2.45, 2.75) is 41.5 Å². The second-order valence-corrected chi connectivity index (χ2v) is 8.40. The van der Waals surface area contributed by atoms with Crippen LogP contribution in [-0.2, 0) is 14.2 Å². The molecule has 0 bridgehead atoms. The van der Waals surface area contributed by atoms with E-state index in [0.29, 0.717) is 26.8 Å². The molecule has 1 saturated heterocycles. The van der Waals surface area contributed by atoms with E-state index in [-0.39, 0.29) is 5.82 Å². The van der Waals surface area contributed by atoms with E-state index >= 15 is 0 Å². The van der Waals surface area contributed by atoms with Crippen LogP contribution in [0.1, 0.15) is 44.0 Å². The third kappa shape index (κ3) is 5.68. The summed E-state index contributed by atoms with van der Waals surface area (Å²) in [5, 5.41) is 12.1. The molecule has 0 unspecified atom stereocenters. The predicted molar refractivity (Wildman–Crippen MR) is 123 cm³/mol. The van der Waals surface area contributed by atoms with Gasteiger partial charge in [-0.05, 0) is 63.8 Å². The molecule has 1 fully saturated rings. The third-order valence-electron chi connectivity index (χ3n) is 5.46. The number of benzene rings is 2. The average molecular weight is 453 g/mol. The van der Waals surface area contributed by atoms with Crippen LogP contribution in [0, 0.1) is 41.5 Å². The minimum absolute atomic E-state index is 0.120. The number of ether oxygens (including phenoxy) is 3. The molecule has 0 N–H and O–H groups in total. The Morgan fingerprint density at radius 3 is 1.79 bits per heavy atom. The second-order valence-electron chi connectivity index (χ2n) is 8.40. The highest BCUT2D eigenvalue weighted by Crippen LogP contribution is 2.23. The molecule has 176 valence electrons. The molecule has 4 rings (SSSR count). The van der Waals surface area contributed by atoms with Gasteiger partial charge in [0.15, 0.2) is 5.97 Å². The van der Waals surface area contributed by atoms with Crippen LogP contribution in [0.15, 0.2) is 36.7 Å². The first-order chi connectivity index (χ1) is 15.7. The summed E-state index contributed by atoms with van der Waals surface area (Å²) in [6.07, 6.45) is 3.60. The number of carbonyl (C=O) groups is 1. The van der Waals surface area contributed by atoms with Crippen LogP contribution in [-0.4, -0.2) is 37.3 Å². The number of aromatic carboxylic acids is 1. The highest BCUT2D eigenvalue weighted by molar-refractivity contribution is 5.81. The van der Waals surface area contributed by atoms with Gasteiger partial charge in [-0.3, -0.25) is 0 Å². The van der Waals surface area contributed by atoms with Gasteiger partial charge in [-0.15, -0.1) is 0 Å². The molecule has 1 aromatic heterocycles. The summed E-state index contributed by atoms with van der Waals surface area (Å²) >= 11 is 0. The van der Waals surface area contributed by atoms with E-state index in [1.807, 2.05) is 41.5 Å². The van der Waals surface area contributed by atoms with E-state index in [4.69, 9.17) is 14.2 Å². The maximum Gasteiger partial charge on any atom is 0.315 e. The SMILES string of the molecule is C1COCOCO1.Cc1cc(C)c(-n2cc[n+](-c3c(C)cc(C)cc3C)c2C(=O)[O-])c(C)c1. The van der Waals surface area contributed by atoms with Gasteiger partial charge in [0.1, 0.15) is 37.4 Å². The zero-order chi connectivity index (χ0) is 24.1. The quantitative estimate of drug-likeness (QED) is 0.571. The second kappa shape index (κ2) is 10.7. The van der Waals surface area contributed by atoms with Gasteiger partial charge in [-0.1, -0.05) is 35.4 Å². The van der Waals surface area contributed by atoms with Gasteiger partial charge in [-0.25, -0.2) is 0 Å². The lowest BCUT2D eigenvalue weighted by molar-refractivity contribution is -0.601. The number of carboxylic acids is 1. The van der Waals surface area contributed by atoms with Gasteiger partial charge in [0.05, 0.1) is 13.2 Å². The first-order valence-electron chi connectivity index (χ1n) is 10.9. The van der Waals surface area contributed by atoms with Crippen molar-refractivity contribution < 1.29 is 28.7 Å². The first kappa shape index (κ1) is 24.6. The van der Waals surface area contributed by atoms with Crippen molar-refractivity contribution in [3.8, 4) is 11.4 Å². The van der Waals surface area contributed by atoms with Crippen molar-refractivity contribution >= 4 is 5.97 Å². The van der Waals surface area contributed by atoms with Crippen LogP contribution in [0.5, 0.6) is 0 Å². The Kier molecular flexibility index (Phi) is 8.02. The molecule has 7 nitrogen and oxygen atoms in total. The molecule has 0 amide bonds. The summed E-state index contributed by atoms with van der Waals surface area (Å²) in [5.74, 6) is -1.08. The van der Waals surface area contributed by atoms with Crippen molar-refractivity contribution in [3.05, 3.63) is 75.9 Å². The molecule has 33 heavy (non-hydrogen) atoms. The van der Waals surface area contributed by atoms with E-state index in [1.54, 1.807) is 21.5 Å². The largest absolute Gasteiger partial charge is 0.538 e. The number of aryl methyl sites for hydroxylation is 6. The van der Waals surface area contributed by atoms with Crippen LogP contribution in [0.25, 0.3) is 11.4 Å². The molecular weight excluding hydrogens is 420 g/mol. The number of imidazole rings is 1. The minimum atomic E-state index is -1.20. The van der Waals surface area contributed by atoms with E-state index < -0.39 is 5.97 Å². The monoisotopic (exact) mass is 452 g/mol. The Labute approximate surface area is 195 Å². The molecule has 0 atom stereocenters. The summed E-state index contributed by atoms with van der Waals surface area (Å²) in [6, 6.07) is 8.25. The predicted octanol–water partition coefficient (Wildman–Crippen LogP) is 2.93. The van der Waals surface area contributed by atoms with E-state index in [0.717, 1.165) is 44.8 Å². The molecule has 3 aromatic rings. The fourth-order valence-electron chi connectivity index (χ4n) is 4.44. The zero-order valence-corrected chi connectivity index (χ0v) is 20.2. The van der Waals surface area contributed by atoms with Crippen molar-refractivity contribution in [3.63, 3.8) is 0 Å². The Hall–Kier alpha value is -3.00. The Morgan fingerprint density at radius 2 is 1.30 bits per heavy atom.